The van der Waals surface area contributed by atoms with E-state index in [9.17, 15) is 13.2 Å². The maximum atomic E-state index is 12.4. The fraction of sp³-hybridized carbons (Fsp3) is 0.273. The average molecular weight is 282 g/mol. The van der Waals surface area contributed by atoms with E-state index in [2.05, 4.69) is 11.8 Å². The van der Waals surface area contributed by atoms with Crippen molar-refractivity contribution in [3.63, 3.8) is 0 Å². The Bertz CT molecular complexity index is 449. The van der Waals surface area contributed by atoms with E-state index in [1.807, 2.05) is 0 Å². The van der Waals surface area contributed by atoms with Gasteiger partial charge in [0.1, 0.15) is 0 Å². The summed E-state index contributed by atoms with van der Waals surface area (Å²) < 4.78 is 37.2. The van der Waals surface area contributed by atoms with Crippen LogP contribution in [0.5, 0.6) is 0 Å². The standard InChI is InChI=1S/C11H8Cl2F3N/c12-9-5-7(11(14,15)16)6-10(13)8(9)3-1-2-4-17/h5-6H,2,4,17H2. The number of rotatable bonds is 1. The Kier molecular flexibility index (Phi) is 4.70. The van der Waals surface area contributed by atoms with Gasteiger partial charge in [-0.05, 0) is 12.1 Å². The van der Waals surface area contributed by atoms with E-state index in [1.165, 1.54) is 0 Å². The second-order valence-corrected chi connectivity index (χ2v) is 3.97. The van der Waals surface area contributed by atoms with Crippen molar-refractivity contribution < 1.29 is 13.2 Å². The highest BCUT2D eigenvalue weighted by atomic mass is 35.5. The minimum Gasteiger partial charge on any atom is -0.330 e. The molecule has 0 saturated heterocycles. The Balaban J connectivity index is 3.17. The van der Waals surface area contributed by atoms with Gasteiger partial charge in [0.15, 0.2) is 0 Å². The summed E-state index contributed by atoms with van der Waals surface area (Å²) >= 11 is 11.4. The van der Waals surface area contributed by atoms with Gasteiger partial charge in [-0.25, -0.2) is 0 Å². The molecule has 2 N–H and O–H groups in total. The summed E-state index contributed by atoms with van der Waals surface area (Å²) in [6.07, 6.45) is -4.05. The molecule has 0 aliphatic carbocycles. The first-order chi connectivity index (χ1) is 7.86. The van der Waals surface area contributed by atoms with Crippen LogP contribution < -0.4 is 5.73 Å². The smallest absolute Gasteiger partial charge is 0.330 e. The van der Waals surface area contributed by atoms with Gasteiger partial charge in [0.2, 0.25) is 0 Å². The first-order valence-electron chi connectivity index (χ1n) is 4.61. The summed E-state index contributed by atoms with van der Waals surface area (Å²) in [6.45, 7) is 0.364. The van der Waals surface area contributed by atoms with Gasteiger partial charge in [-0.2, -0.15) is 13.2 Å². The van der Waals surface area contributed by atoms with E-state index in [4.69, 9.17) is 28.9 Å². The molecule has 1 rings (SSSR count). The molecule has 0 spiro atoms. The summed E-state index contributed by atoms with van der Waals surface area (Å²) in [6, 6.07) is 1.61. The molecule has 0 heterocycles. The van der Waals surface area contributed by atoms with Crippen LogP contribution in [0.4, 0.5) is 13.2 Å². The number of benzene rings is 1. The van der Waals surface area contributed by atoms with Gasteiger partial charge in [0, 0.05) is 13.0 Å². The van der Waals surface area contributed by atoms with Crippen molar-refractivity contribution in [3.8, 4) is 11.8 Å². The molecular formula is C11H8Cl2F3N. The van der Waals surface area contributed by atoms with Crippen molar-refractivity contribution in [2.75, 3.05) is 6.54 Å². The van der Waals surface area contributed by atoms with Gasteiger partial charge in [-0.3, -0.25) is 0 Å². The van der Waals surface area contributed by atoms with Gasteiger partial charge in [0.25, 0.3) is 0 Å². The third-order valence-corrected chi connectivity index (χ3v) is 2.45. The maximum Gasteiger partial charge on any atom is 0.416 e. The van der Waals surface area contributed by atoms with Crippen LogP contribution >= 0.6 is 23.2 Å². The molecule has 1 aromatic rings. The van der Waals surface area contributed by atoms with Crippen LogP contribution in [0.25, 0.3) is 0 Å². The lowest BCUT2D eigenvalue weighted by atomic mass is 10.1. The fourth-order valence-corrected chi connectivity index (χ4v) is 1.66. The molecule has 1 aromatic carbocycles. The molecule has 92 valence electrons. The summed E-state index contributed by atoms with van der Waals surface area (Å²) in [5.41, 5.74) is 4.53. The summed E-state index contributed by atoms with van der Waals surface area (Å²) in [5.74, 6) is 5.27. The van der Waals surface area contributed by atoms with Crippen LogP contribution in [0.1, 0.15) is 17.5 Å². The van der Waals surface area contributed by atoms with Crippen LogP contribution in [0.3, 0.4) is 0 Å². The van der Waals surface area contributed by atoms with E-state index < -0.39 is 11.7 Å². The lowest BCUT2D eigenvalue weighted by Crippen LogP contribution is -2.05. The quantitative estimate of drug-likeness (QED) is 0.781. The lowest BCUT2D eigenvalue weighted by Gasteiger charge is -2.09. The molecule has 0 atom stereocenters. The predicted molar refractivity (Wildman–Crippen MR) is 62.0 cm³/mol. The monoisotopic (exact) mass is 281 g/mol. The molecule has 0 radical (unpaired) electrons. The Morgan fingerprint density at radius 2 is 1.71 bits per heavy atom. The molecule has 1 nitrogen and oxygen atoms in total. The van der Waals surface area contributed by atoms with E-state index in [0.717, 1.165) is 12.1 Å². The van der Waals surface area contributed by atoms with Crippen molar-refractivity contribution in [1.82, 2.24) is 0 Å². The van der Waals surface area contributed by atoms with E-state index >= 15 is 0 Å². The minimum atomic E-state index is -4.48. The number of nitrogens with two attached hydrogens (primary N) is 1. The highest BCUT2D eigenvalue weighted by Crippen LogP contribution is 2.35. The van der Waals surface area contributed by atoms with Gasteiger partial charge < -0.3 is 5.73 Å². The second-order valence-electron chi connectivity index (χ2n) is 3.15. The molecule has 0 saturated carbocycles. The number of halogens is 5. The Morgan fingerprint density at radius 3 is 2.12 bits per heavy atom. The Labute approximate surface area is 107 Å². The molecule has 0 aromatic heterocycles. The zero-order valence-corrected chi connectivity index (χ0v) is 10.0. The van der Waals surface area contributed by atoms with Crippen molar-refractivity contribution in [2.45, 2.75) is 12.6 Å². The van der Waals surface area contributed by atoms with Crippen molar-refractivity contribution in [2.24, 2.45) is 5.73 Å². The zero-order chi connectivity index (χ0) is 13.1. The third-order valence-electron chi connectivity index (χ3n) is 1.85. The van der Waals surface area contributed by atoms with E-state index in [-0.39, 0.29) is 15.6 Å². The molecule has 0 unspecified atom stereocenters. The van der Waals surface area contributed by atoms with Crippen LogP contribution in [0.2, 0.25) is 10.0 Å². The molecule has 0 aliphatic rings. The lowest BCUT2D eigenvalue weighted by molar-refractivity contribution is -0.137. The minimum absolute atomic E-state index is 0.116. The highest BCUT2D eigenvalue weighted by molar-refractivity contribution is 6.36. The van der Waals surface area contributed by atoms with Crippen molar-refractivity contribution in [1.29, 1.82) is 0 Å². The molecule has 0 fully saturated rings. The Hall–Kier alpha value is -0.890. The predicted octanol–water partition coefficient (Wildman–Crippen LogP) is 3.71. The maximum absolute atomic E-state index is 12.4. The molecule has 0 bridgehead atoms. The normalized spacial score (nSPS) is 10.9. The second kappa shape index (κ2) is 5.63. The van der Waals surface area contributed by atoms with Crippen LogP contribution in [-0.2, 0) is 6.18 Å². The zero-order valence-electron chi connectivity index (χ0n) is 8.54. The molecule has 0 amide bonds. The number of hydrogen-bond acceptors (Lipinski definition) is 1. The largest absolute Gasteiger partial charge is 0.416 e. The fourth-order valence-electron chi connectivity index (χ4n) is 1.08. The first-order valence-corrected chi connectivity index (χ1v) is 5.37. The van der Waals surface area contributed by atoms with Gasteiger partial charge >= 0.3 is 6.18 Å². The van der Waals surface area contributed by atoms with Crippen molar-refractivity contribution >= 4 is 23.2 Å². The molecule has 0 aliphatic heterocycles. The van der Waals surface area contributed by atoms with E-state index in [0.29, 0.717) is 13.0 Å². The van der Waals surface area contributed by atoms with Gasteiger partial charge in [0.05, 0.1) is 21.2 Å². The average Bonchev–Trinajstić information content (AvgIpc) is 2.20. The number of alkyl halides is 3. The summed E-state index contributed by atoms with van der Waals surface area (Å²) in [5, 5.41) is -0.233. The first kappa shape index (κ1) is 14.2. The van der Waals surface area contributed by atoms with Gasteiger partial charge in [-0.15, -0.1) is 0 Å². The highest BCUT2D eigenvalue weighted by Gasteiger charge is 2.31. The van der Waals surface area contributed by atoms with Crippen LogP contribution in [0.15, 0.2) is 12.1 Å². The van der Waals surface area contributed by atoms with Crippen LogP contribution in [-0.4, -0.2) is 6.54 Å². The SMILES string of the molecule is NCCC#Cc1c(Cl)cc(C(F)(F)F)cc1Cl. The third kappa shape index (κ3) is 3.81. The molecular weight excluding hydrogens is 274 g/mol. The Morgan fingerprint density at radius 1 is 1.18 bits per heavy atom. The topological polar surface area (TPSA) is 26.0 Å². The van der Waals surface area contributed by atoms with Crippen molar-refractivity contribution in [3.05, 3.63) is 33.3 Å². The van der Waals surface area contributed by atoms with Crippen LogP contribution in [0, 0.1) is 11.8 Å². The molecule has 6 heteroatoms. The summed E-state index contributed by atoms with van der Waals surface area (Å²) in [7, 11) is 0. The van der Waals surface area contributed by atoms with Gasteiger partial charge in [-0.1, -0.05) is 35.0 Å². The molecule has 17 heavy (non-hydrogen) atoms. The number of hydrogen-bond donors (Lipinski definition) is 1. The van der Waals surface area contributed by atoms with E-state index in [1.54, 1.807) is 0 Å². The summed E-state index contributed by atoms with van der Waals surface area (Å²) in [4.78, 5) is 0.